The second-order valence-electron chi connectivity index (χ2n) is 4.10. The molecule has 1 atom stereocenters. The molecule has 0 amide bonds. The van der Waals surface area contributed by atoms with Crippen molar-refractivity contribution in [3.05, 3.63) is 0 Å². The highest BCUT2D eigenvalue weighted by Crippen LogP contribution is 2.27. The predicted molar refractivity (Wildman–Crippen MR) is 52.3 cm³/mol. The van der Waals surface area contributed by atoms with Crippen molar-refractivity contribution in [3.8, 4) is 0 Å². The summed E-state index contributed by atoms with van der Waals surface area (Å²) in [6.45, 7) is 2.36. The first-order chi connectivity index (χ1) is 5.22. The summed E-state index contributed by atoms with van der Waals surface area (Å²) in [5.41, 5.74) is 0. The fourth-order valence-electron chi connectivity index (χ4n) is 2.04. The van der Waals surface area contributed by atoms with Gasteiger partial charge < -0.3 is 4.81 Å². The van der Waals surface area contributed by atoms with Crippen LogP contribution in [-0.4, -0.2) is 25.9 Å². The highest BCUT2D eigenvalue weighted by molar-refractivity contribution is 6.04. The molecule has 0 aromatic carbocycles. The molecule has 0 bridgehead atoms. The van der Waals surface area contributed by atoms with E-state index >= 15 is 0 Å². The molecule has 1 aliphatic carbocycles. The second kappa shape index (κ2) is 4.15. The van der Waals surface area contributed by atoms with Crippen molar-refractivity contribution in [2.75, 3.05) is 7.05 Å². The average Bonchev–Trinajstić information content (AvgIpc) is 2.05. The van der Waals surface area contributed by atoms with Crippen molar-refractivity contribution < 1.29 is 0 Å². The van der Waals surface area contributed by atoms with E-state index in [1.807, 2.05) is 0 Å². The summed E-state index contributed by atoms with van der Waals surface area (Å²) in [7, 11) is 4.39. The third-order valence-electron chi connectivity index (χ3n) is 3.15. The summed E-state index contributed by atoms with van der Waals surface area (Å²) in [6, 6.07) is 0.787. The monoisotopic (exact) mass is 153 g/mol. The van der Waals surface area contributed by atoms with Gasteiger partial charge in [-0.15, -0.1) is 0 Å². The van der Waals surface area contributed by atoms with Gasteiger partial charge in [-0.2, -0.15) is 0 Å². The predicted octanol–water partition coefficient (Wildman–Crippen LogP) is 1.44. The summed E-state index contributed by atoms with van der Waals surface area (Å²) in [5.74, 6) is 0.971. The summed E-state index contributed by atoms with van der Waals surface area (Å²) in [6.07, 6.45) is 7.31. The standard InChI is InChI=1S/C9H20BN/c1-8(11(2)10)9-6-4-3-5-7-9/h8-9H,3-7,10H2,1-2H3. The highest BCUT2D eigenvalue weighted by atomic mass is 15.0. The SMILES string of the molecule is BN(C)C(C)C1CCCCC1. The Bertz CT molecular complexity index is 108. The fraction of sp³-hybridized carbons (Fsp3) is 1.00. The van der Waals surface area contributed by atoms with Gasteiger partial charge in [0, 0.05) is 0 Å². The zero-order valence-corrected chi connectivity index (χ0v) is 8.14. The van der Waals surface area contributed by atoms with Crippen LogP contribution in [0.25, 0.3) is 0 Å². The molecule has 1 unspecified atom stereocenters. The van der Waals surface area contributed by atoms with Crippen LogP contribution in [0.5, 0.6) is 0 Å². The van der Waals surface area contributed by atoms with Gasteiger partial charge >= 0.3 is 0 Å². The smallest absolute Gasteiger partial charge is 0.185 e. The Hall–Kier alpha value is 0.0249. The molecule has 0 heterocycles. The molecule has 11 heavy (non-hydrogen) atoms. The molecule has 0 aromatic rings. The van der Waals surface area contributed by atoms with Gasteiger partial charge in [-0.05, 0) is 31.8 Å². The van der Waals surface area contributed by atoms with Gasteiger partial charge in [-0.3, -0.25) is 0 Å². The van der Waals surface area contributed by atoms with Crippen molar-refractivity contribution in [2.45, 2.75) is 45.1 Å². The van der Waals surface area contributed by atoms with Crippen LogP contribution in [0.1, 0.15) is 39.0 Å². The lowest BCUT2D eigenvalue weighted by Gasteiger charge is -2.32. The van der Waals surface area contributed by atoms with Gasteiger partial charge in [-0.25, -0.2) is 0 Å². The van der Waals surface area contributed by atoms with Crippen molar-refractivity contribution in [2.24, 2.45) is 5.92 Å². The van der Waals surface area contributed by atoms with Crippen LogP contribution in [-0.2, 0) is 0 Å². The zero-order chi connectivity index (χ0) is 8.27. The Morgan fingerprint density at radius 1 is 1.27 bits per heavy atom. The lowest BCUT2D eigenvalue weighted by molar-refractivity contribution is 0.231. The van der Waals surface area contributed by atoms with E-state index in [1.165, 1.54) is 32.1 Å². The molecular weight excluding hydrogens is 133 g/mol. The van der Waals surface area contributed by atoms with Gasteiger partial charge in [0.1, 0.15) is 0 Å². The molecule has 1 fully saturated rings. The Morgan fingerprint density at radius 2 is 1.82 bits per heavy atom. The van der Waals surface area contributed by atoms with Crippen LogP contribution in [0, 0.1) is 5.92 Å². The van der Waals surface area contributed by atoms with Crippen LogP contribution in [0.2, 0.25) is 0 Å². The van der Waals surface area contributed by atoms with Crippen molar-refractivity contribution in [1.82, 2.24) is 4.81 Å². The van der Waals surface area contributed by atoms with Crippen LogP contribution in [0.4, 0.5) is 0 Å². The van der Waals surface area contributed by atoms with E-state index in [0.717, 1.165) is 12.0 Å². The molecule has 0 spiro atoms. The zero-order valence-electron chi connectivity index (χ0n) is 8.14. The van der Waals surface area contributed by atoms with Crippen LogP contribution in [0.15, 0.2) is 0 Å². The fourth-order valence-corrected chi connectivity index (χ4v) is 2.04. The normalized spacial score (nSPS) is 23.9. The van der Waals surface area contributed by atoms with Gasteiger partial charge in [0.05, 0.1) is 0 Å². The molecule has 0 N–H and O–H groups in total. The van der Waals surface area contributed by atoms with Gasteiger partial charge in [0.15, 0.2) is 7.98 Å². The molecule has 0 aromatic heterocycles. The van der Waals surface area contributed by atoms with Gasteiger partial charge in [0.2, 0.25) is 0 Å². The van der Waals surface area contributed by atoms with Gasteiger partial charge in [-0.1, -0.05) is 26.2 Å². The Morgan fingerprint density at radius 3 is 2.27 bits per heavy atom. The molecule has 1 nitrogen and oxygen atoms in total. The van der Waals surface area contributed by atoms with E-state index in [0.29, 0.717) is 0 Å². The molecule has 64 valence electrons. The Labute approximate surface area is 71.6 Å². The van der Waals surface area contributed by atoms with E-state index < -0.39 is 0 Å². The highest BCUT2D eigenvalue weighted by Gasteiger charge is 2.20. The van der Waals surface area contributed by atoms with E-state index in [-0.39, 0.29) is 0 Å². The average molecular weight is 153 g/mol. The molecule has 1 saturated carbocycles. The van der Waals surface area contributed by atoms with Crippen molar-refractivity contribution in [3.63, 3.8) is 0 Å². The van der Waals surface area contributed by atoms with Crippen LogP contribution >= 0.6 is 0 Å². The minimum atomic E-state index is 0.787. The maximum Gasteiger partial charge on any atom is 0.185 e. The third kappa shape index (κ3) is 2.51. The molecular formula is C9H20BN. The molecule has 1 aliphatic rings. The second-order valence-corrected chi connectivity index (χ2v) is 4.10. The molecule has 0 aliphatic heterocycles. The number of nitrogens with zero attached hydrogens (tertiary/aromatic N) is 1. The van der Waals surface area contributed by atoms with Crippen LogP contribution < -0.4 is 0 Å². The van der Waals surface area contributed by atoms with E-state index in [9.17, 15) is 0 Å². The summed E-state index contributed by atoms with van der Waals surface area (Å²) in [5, 5.41) is 0. The maximum atomic E-state index is 2.36. The summed E-state index contributed by atoms with van der Waals surface area (Å²) >= 11 is 0. The quantitative estimate of drug-likeness (QED) is 0.542. The minimum absolute atomic E-state index is 0.787. The number of rotatable bonds is 2. The van der Waals surface area contributed by atoms with E-state index in [1.54, 1.807) is 0 Å². The lowest BCUT2D eigenvalue weighted by atomic mass is 9.83. The molecule has 0 saturated heterocycles. The Kier molecular flexibility index (Phi) is 3.44. The van der Waals surface area contributed by atoms with E-state index in [4.69, 9.17) is 0 Å². The first-order valence-electron chi connectivity index (χ1n) is 4.88. The Balaban J connectivity index is 2.32. The van der Waals surface area contributed by atoms with Crippen molar-refractivity contribution in [1.29, 1.82) is 0 Å². The largest absolute Gasteiger partial charge is 0.349 e. The third-order valence-corrected chi connectivity index (χ3v) is 3.15. The molecule has 0 radical (unpaired) electrons. The maximum absolute atomic E-state index is 2.36. The van der Waals surface area contributed by atoms with Gasteiger partial charge in [0.25, 0.3) is 0 Å². The summed E-state index contributed by atoms with van der Waals surface area (Å²) in [4.78, 5) is 2.36. The topological polar surface area (TPSA) is 3.24 Å². The van der Waals surface area contributed by atoms with Crippen LogP contribution in [0.3, 0.4) is 0 Å². The summed E-state index contributed by atoms with van der Waals surface area (Å²) < 4.78 is 0. The molecule has 1 rings (SSSR count). The number of hydrogen-bond acceptors (Lipinski definition) is 1. The van der Waals surface area contributed by atoms with E-state index in [2.05, 4.69) is 26.8 Å². The number of hydrogen-bond donors (Lipinski definition) is 0. The van der Waals surface area contributed by atoms with Crippen molar-refractivity contribution >= 4 is 7.98 Å². The molecule has 2 heteroatoms. The minimum Gasteiger partial charge on any atom is -0.349 e. The first kappa shape index (κ1) is 9.12. The first-order valence-corrected chi connectivity index (χ1v) is 4.88. The lowest BCUT2D eigenvalue weighted by Crippen LogP contribution is -2.34.